The zero-order valence-corrected chi connectivity index (χ0v) is 18.6. The van der Waals surface area contributed by atoms with E-state index < -0.39 is 10.8 Å². The molecular weight excluding hydrogens is 420 g/mol. The van der Waals surface area contributed by atoms with E-state index in [9.17, 15) is 9.32 Å². The molecule has 3 atom stereocenters. The molecule has 1 aromatic heterocycles. The summed E-state index contributed by atoms with van der Waals surface area (Å²) in [6, 6.07) is 8.26. The Bertz CT molecular complexity index is 949. The number of hydrogen-bond acceptors (Lipinski definition) is 6. The van der Waals surface area contributed by atoms with Gasteiger partial charge in [0.15, 0.2) is 0 Å². The van der Waals surface area contributed by atoms with Crippen LogP contribution in [0.4, 0.5) is 11.8 Å². The molecule has 2 saturated carbocycles. The van der Waals surface area contributed by atoms with Gasteiger partial charge in [0.1, 0.15) is 5.82 Å². The van der Waals surface area contributed by atoms with Gasteiger partial charge in [0.2, 0.25) is 5.95 Å². The van der Waals surface area contributed by atoms with Gasteiger partial charge in [-0.15, -0.1) is 0 Å². The lowest BCUT2D eigenvalue weighted by Crippen LogP contribution is -2.54. The SMILES string of the molecule is C[S@](=O)c1cnc(N2CC3CC(C2)C3c2ccc(Cl)cc2)nc1NC1(CO)CCC1. The van der Waals surface area contributed by atoms with Gasteiger partial charge in [-0.25, -0.2) is 4.98 Å². The summed E-state index contributed by atoms with van der Waals surface area (Å²) in [7, 11) is -1.20. The average Bonchev–Trinajstić information content (AvgIpc) is 2.72. The third-order valence-corrected chi connectivity index (χ3v) is 8.29. The van der Waals surface area contributed by atoms with Crippen LogP contribution in [0, 0.1) is 11.8 Å². The Morgan fingerprint density at radius 1 is 1.27 bits per heavy atom. The summed E-state index contributed by atoms with van der Waals surface area (Å²) in [5, 5.41) is 14.0. The molecule has 6 rings (SSSR count). The predicted octanol–water partition coefficient (Wildman–Crippen LogP) is 3.43. The van der Waals surface area contributed by atoms with Gasteiger partial charge in [-0.2, -0.15) is 4.98 Å². The topological polar surface area (TPSA) is 78.4 Å². The largest absolute Gasteiger partial charge is 0.394 e. The van der Waals surface area contributed by atoms with Gasteiger partial charge in [0.25, 0.3) is 0 Å². The van der Waals surface area contributed by atoms with E-state index in [1.165, 1.54) is 12.0 Å². The second-order valence-electron chi connectivity index (χ2n) is 8.99. The van der Waals surface area contributed by atoms with E-state index in [2.05, 4.69) is 27.3 Å². The van der Waals surface area contributed by atoms with Crippen LogP contribution >= 0.6 is 11.6 Å². The molecular formula is C22H27ClN4O2S. The second kappa shape index (κ2) is 7.77. The van der Waals surface area contributed by atoms with E-state index in [1.54, 1.807) is 12.5 Å². The van der Waals surface area contributed by atoms with Gasteiger partial charge < -0.3 is 15.3 Å². The van der Waals surface area contributed by atoms with Crippen molar-refractivity contribution in [1.82, 2.24) is 9.97 Å². The van der Waals surface area contributed by atoms with Crippen molar-refractivity contribution in [2.75, 3.05) is 36.2 Å². The zero-order chi connectivity index (χ0) is 20.9. The smallest absolute Gasteiger partial charge is 0.227 e. The van der Waals surface area contributed by atoms with Crippen molar-refractivity contribution in [3.63, 3.8) is 0 Å². The van der Waals surface area contributed by atoms with Crippen molar-refractivity contribution in [2.45, 2.75) is 42.0 Å². The standard InChI is InChI=1S/C22H27ClN4O2S/c1-30(29)18-10-24-21(25-20(18)26-22(13-28)7-2-8-22)27-11-15-9-16(12-27)19(15)14-3-5-17(23)6-4-14/h3-6,10,15-16,19,28H,2,7-9,11-13H2,1H3,(H,24,25,26)/t15?,16?,19?,30-/m0/s1. The normalized spacial score (nSPS) is 27.7. The summed E-state index contributed by atoms with van der Waals surface area (Å²) in [5.41, 5.74) is 1.03. The number of halogens is 1. The van der Waals surface area contributed by atoms with Gasteiger partial charge in [0.05, 0.1) is 34.0 Å². The average molecular weight is 447 g/mol. The van der Waals surface area contributed by atoms with Gasteiger partial charge in [-0.1, -0.05) is 23.7 Å². The monoisotopic (exact) mass is 446 g/mol. The van der Waals surface area contributed by atoms with Crippen LogP contribution in [0.2, 0.25) is 5.02 Å². The molecule has 4 fully saturated rings. The molecule has 6 nitrogen and oxygen atoms in total. The number of rotatable bonds is 6. The summed E-state index contributed by atoms with van der Waals surface area (Å²) in [4.78, 5) is 12.2. The van der Waals surface area contributed by atoms with Gasteiger partial charge >= 0.3 is 0 Å². The number of aliphatic hydroxyl groups excluding tert-OH is 1. The lowest BCUT2D eigenvalue weighted by Gasteiger charge is -2.54. The summed E-state index contributed by atoms with van der Waals surface area (Å²) in [5.74, 6) is 3.03. The number of aliphatic hydroxyl groups is 1. The Morgan fingerprint density at radius 2 is 1.97 bits per heavy atom. The first kappa shape index (κ1) is 20.2. The number of nitrogens with one attached hydrogen (secondary N) is 1. The van der Waals surface area contributed by atoms with Crippen molar-refractivity contribution >= 4 is 34.2 Å². The maximum atomic E-state index is 12.2. The quantitative estimate of drug-likeness (QED) is 0.707. The number of anilines is 2. The molecule has 2 unspecified atom stereocenters. The number of hydrogen-bond donors (Lipinski definition) is 2. The molecule has 160 valence electrons. The predicted molar refractivity (Wildman–Crippen MR) is 120 cm³/mol. The Morgan fingerprint density at radius 3 is 2.53 bits per heavy atom. The van der Waals surface area contributed by atoms with E-state index >= 15 is 0 Å². The molecule has 1 aromatic carbocycles. The van der Waals surface area contributed by atoms with Crippen LogP contribution in [0.25, 0.3) is 0 Å². The number of aromatic nitrogens is 2. The highest BCUT2D eigenvalue weighted by Crippen LogP contribution is 2.52. The molecule has 4 aliphatic rings. The number of nitrogens with zero attached hydrogens (tertiary/aromatic N) is 3. The number of piperidine rings is 2. The molecule has 0 spiro atoms. The van der Waals surface area contributed by atoms with Crippen molar-refractivity contribution in [3.8, 4) is 0 Å². The fourth-order valence-corrected chi connectivity index (χ4v) is 5.97. The maximum Gasteiger partial charge on any atom is 0.227 e. The van der Waals surface area contributed by atoms with E-state index in [1.807, 2.05) is 12.1 Å². The van der Waals surface area contributed by atoms with Crippen LogP contribution < -0.4 is 10.2 Å². The highest BCUT2D eigenvalue weighted by atomic mass is 35.5. The molecule has 2 aromatic rings. The molecule has 2 aliphatic carbocycles. The Kier molecular flexibility index (Phi) is 5.24. The lowest BCUT2D eigenvalue weighted by molar-refractivity contribution is 0.110. The molecule has 8 heteroatoms. The highest BCUT2D eigenvalue weighted by molar-refractivity contribution is 7.84. The molecule has 30 heavy (non-hydrogen) atoms. The maximum absolute atomic E-state index is 12.2. The first-order valence-electron chi connectivity index (χ1n) is 10.6. The molecule has 2 aliphatic heterocycles. The van der Waals surface area contributed by atoms with Gasteiger partial charge in [-0.3, -0.25) is 4.21 Å². The third-order valence-electron chi connectivity index (χ3n) is 7.12. The van der Waals surface area contributed by atoms with Crippen LogP contribution in [0.5, 0.6) is 0 Å². The van der Waals surface area contributed by atoms with Gasteiger partial charge in [0, 0.05) is 24.4 Å². The fourth-order valence-electron chi connectivity index (χ4n) is 5.27. The summed E-state index contributed by atoms with van der Waals surface area (Å²) in [6.07, 6.45) is 7.44. The summed E-state index contributed by atoms with van der Waals surface area (Å²) in [6.45, 7) is 1.89. The number of benzene rings is 1. The zero-order valence-electron chi connectivity index (χ0n) is 17.1. The minimum absolute atomic E-state index is 0.0543. The lowest BCUT2D eigenvalue weighted by atomic mass is 9.59. The molecule has 3 heterocycles. The summed E-state index contributed by atoms with van der Waals surface area (Å²) < 4.78 is 12.2. The van der Waals surface area contributed by atoms with E-state index in [0.717, 1.165) is 37.4 Å². The van der Waals surface area contributed by atoms with E-state index in [4.69, 9.17) is 16.6 Å². The van der Waals surface area contributed by atoms with Crippen LogP contribution in [0.15, 0.2) is 35.4 Å². The molecule has 2 N–H and O–H groups in total. The van der Waals surface area contributed by atoms with Crippen molar-refractivity contribution < 1.29 is 9.32 Å². The third kappa shape index (κ3) is 3.51. The van der Waals surface area contributed by atoms with Crippen molar-refractivity contribution in [1.29, 1.82) is 0 Å². The Labute approximate surface area is 184 Å². The first-order valence-corrected chi connectivity index (χ1v) is 12.5. The minimum atomic E-state index is -1.20. The molecule has 2 saturated heterocycles. The molecule has 2 bridgehead atoms. The molecule has 0 radical (unpaired) electrons. The van der Waals surface area contributed by atoms with Crippen LogP contribution in [0.1, 0.15) is 37.2 Å². The minimum Gasteiger partial charge on any atom is -0.394 e. The van der Waals surface area contributed by atoms with Crippen LogP contribution in [-0.2, 0) is 10.8 Å². The van der Waals surface area contributed by atoms with Crippen molar-refractivity contribution in [2.24, 2.45) is 11.8 Å². The highest BCUT2D eigenvalue weighted by Gasteiger charge is 2.48. The summed E-state index contributed by atoms with van der Waals surface area (Å²) >= 11 is 6.05. The first-order chi connectivity index (χ1) is 14.5. The van der Waals surface area contributed by atoms with E-state index in [0.29, 0.717) is 34.4 Å². The van der Waals surface area contributed by atoms with Crippen molar-refractivity contribution in [3.05, 3.63) is 41.0 Å². The number of fused-ring (bicyclic) bond motifs is 2. The fraction of sp³-hybridized carbons (Fsp3) is 0.545. The Balaban J connectivity index is 1.36. The van der Waals surface area contributed by atoms with Crippen LogP contribution in [-0.4, -0.2) is 50.8 Å². The van der Waals surface area contributed by atoms with Gasteiger partial charge in [-0.05, 0) is 61.1 Å². The van der Waals surface area contributed by atoms with E-state index in [-0.39, 0.29) is 12.1 Å². The molecule has 0 amide bonds. The Hall–Kier alpha value is -1.70. The second-order valence-corrected chi connectivity index (χ2v) is 10.8. The van der Waals surface area contributed by atoms with Crippen LogP contribution in [0.3, 0.4) is 0 Å².